The molecule has 5 aromatic rings. The van der Waals surface area contributed by atoms with E-state index in [-0.39, 0.29) is 0 Å². The van der Waals surface area contributed by atoms with Gasteiger partial charge in [0.1, 0.15) is 5.52 Å². The first-order chi connectivity index (χ1) is 15.8. The molecule has 0 aliphatic carbocycles. The molecule has 6 heterocycles. The van der Waals surface area contributed by atoms with Crippen molar-refractivity contribution in [2.45, 2.75) is 32.4 Å². The number of fused-ring (bicyclic) bond motifs is 2. The van der Waals surface area contributed by atoms with Gasteiger partial charge in [-0.3, -0.25) is 18.7 Å². The van der Waals surface area contributed by atoms with Crippen LogP contribution in [-0.4, -0.2) is 63.4 Å². The van der Waals surface area contributed by atoms with Gasteiger partial charge in [0.25, 0.3) is 0 Å². The van der Waals surface area contributed by atoms with Gasteiger partial charge in [-0.2, -0.15) is 10.2 Å². The predicted octanol–water partition coefficient (Wildman–Crippen LogP) is 3.04. The number of hydrogen-bond donors (Lipinski definition) is 0. The first-order valence-corrected chi connectivity index (χ1v) is 11.1. The zero-order chi connectivity index (χ0) is 21.5. The van der Waals surface area contributed by atoms with Crippen LogP contribution in [0.2, 0.25) is 0 Å². The lowest BCUT2D eigenvalue weighted by molar-refractivity contribution is 0.187. The largest absolute Gasteiger partial charge is 0.303 e. The molecule has 0 N–H and O–H groups in total. The minimum Gasteiger partial charge on any atom is -0.303 e. The van der Waals surface area contributed by atoms with Crippen LogP contribution in [0.5, 0.6) is 0 Å². The molecule has 0 aromatic carbocycles. The molecule has 0 spiro atoms. The van der Waals surface area contributed by atoms with E-state index in [4.69, 9.17) is 0 Å². The number of likely N-dealkylation sites (tertiary alicyclic amines) is 1. The second kappa shape index (κ2) is 7.83. The zero-order valence-electron chi connectivity index (χ0n) is 18.0. The van der Waals surface area contributed by atoms with Crippen molar-refractivity contribution in [2.75, 3.05) is 19.6 Å². The molecular formula is C23H25N9. The molecule has 0 saturated carbocycles. The summed E-state index contributed by atoms with van der Waals surface area (Å²) in [5.41, 5.74) is 5.03. The van der Waals surface area contributed by atoms with Crippen LogP contribution in [-0.2, 0) is 6.54 Å². The number of piperidine rings is 1. The molecule has 1 saturated heterocycles. The molecule has 1 fully saturated rings. The summed E-state index contributed by atoms with van der Waals surface area (Å²) in [5, 5.41) is 9.25. The Bertz CT molecular complexity index is 1370. The van der Waals surface area contributed by atoms with E-state index < -0.39 is 0 Å². The Balaban J connectivity index is 1.28. The zero-order valence-corrected chi connectivity index (χ0v) is 18.0. The lowest BCUT2D eigenvalue weighted by Gasteiger charge is -2.31. The van der Waals surface area contributed by atoms with Gasteiger partial charge in [-0.25, -0.2) is 9.97 Å². The number of imidazole rings is 1. The third-order valence-corrected chi connectivity index (χ3v) is 6.49. The molecule has 0 atom stereocenters. The van der Waals surface area contributed by atoms with Gasteiger partial charge in [-0.15, -0.1) is 0 Å². The van der Waals surface area contributed by atoms with Gasteiger partial charge in [0.15, 0.2) is 0 Å². The van der Waals surface area contributed by atoms with Crippen molar-refractivity contribution >= 4 is 16.8 Å². The molecule has 162 valence electrons. The van der Waals surface area contributed by atoms with E-state index >= 15 is 0 Å². The van der Waals surface area contributed by atoms with Crippen molar-refractivity contribution in [3.05, 3.63) is 61.2 Å². The van der Waals surface area contributed by atoms with Crippen LogP contribution < -0.4 is 0 Å². The fraction of sp³-hybridized carbons (Fsp3) is 0.348. The minimum atomic E-state index is 0.470. The third kappa shape index (κ3) is 3.34. The quantitative estimate of drug-likeness (QED) is 0.429. The maximum absolute atomic E-state index is 4.68. The van der Waals surface area contributed by atoms with Crippen molar-refractivity contribution in [3.8, 4) is 11.1 Å². The Kier molecular flexibility index (Phi) is 4.68. The van der Waals surface area contributed by atoms with Crippen molar-refractivity contribution in [1.82, 2.24) is 43.8 Å². The van der Waals surface area contributed by atoms with Gasteiger partial charge >= 0.3 is 0 Å². The monoisotopic (exact) mass is 427 g/mol. The average Bonchev–Trinajstić information content (AvgIpc) is 3.58. The molecule has 5 aromatic heterocycles. The van der Waals surface area contributed by atoms with Crippen LogP contribution in [0.1, 0.15) is 31.5 Å². The fourth-order valence-corrected chi connectivity index (χ4v) is 4.58. The van der Waals surface area contributed by atoms with Crippen molar-refractivity contribution < 1.29 is 0 Å². The van der Waals surface area contributed by atoms with E-state index in [1.54, 1.807) is 6.20 Å². The fourth-order valence-electron chi connectivity index (χ4n) is 4.58. The van der Waals surface area contributed by atoms with Gasteiger partial charge in [0.2, 0.25) is 5.78 Å². The molecule has 0 bridgehead atoms. The SMILES string of the molecule is CCN1CCC(n2cc(-c3cnc4cnn(Cc5cnc6ncccn56)c4c3)cn2)CC1. The summed E-state index contributed by atoms with van der Waals surface area (Å²) in [6.07, 6.45) is 15.7. The van der Waals surface area contributed by atoms with Crippen LogP contribution in [0, 0.1) is 0 Å². The number of aromatic nitrogens is 8. The Hall–Kier alpha value is -3.59. The molecular weight excluding hydrogens is 402 g/mol. The van der Waals surface area contributed by atoms with E-state index in [1.165, 1.54) is 0 Å². The van der Waals surface area contributed by atoms with Gasteiger partial charge < -0.3 is 4.90 Å². The van der Waals surface area contributed by atoms with Gasteiger partial charge in [-0.1, -0.05) is 6.92 Å². The maximum Gasteiger partial charge on any atom is 0.233 e. The second-order valence-corrected chi connectivity index (χ2v) is 8.34. The highest BCUT2D eigenvalue weighted by Gasteiger charge is 2.20. The Labute approximate surface area is 185 Å². The highest BCUT2D eigenvalue weighted by Crippen LogP contribution is 2.27. The molecule has 0 radical (unpaired) electrons. The number of hydrogen-bond acceptors (Lipinski definition) is 6. The normalized spacial score (nSPS) is 15.8. The Morgan fingerprint density at radius 1 is 0.969 bits per heavy atom. The van der Waals surface area contributed by atoms with E-state index in [9.17, 15) is 0 Å². The van der Waals surface area contributed by atoms with Gasteiger partial charge in [-0.05, 0) is 31.5 Å². The smallest absolute Gasteiger partial charge is 0.233 e. The lowest BCUT2D eigenvalue weighted by atomic mass is 10.1. The Morgan fingerprint density at radius 3 is 2.75 bits per heavy atom. The summed E-state index contributed by atoms with van der Waals surface area (Å²) in [4.78, 5) is 15.8. The third-order valence-electron chi connectivity index (χ3n) is 6.49. The molecule has 1 aliphatic rings. The molecule has 9 heteroatoms. The molecule has 0 unspecified atom stereocenters. The highest BCUT2D eigenvalue weighted by atomic mass is 15.3. The van der Waals surface area contributed by atoms with Gasteiger partial charge in [0.05, 0.1) is 42.4 Å². The molecule has 32 heavy (non-hydrogen) atoms. The summed E-state index contributed by atoms with van der Waals surface area (Å²) in [5.74, 6) is 0.690. The van der Waals surface area contributed by atoms with Crippen molar-refractivity contribution in [2.24, 2.45) is 0 Å². The van der Waals surface area contributed by atoms with E-state index in [2.05, 4.69) is 53.9 Å². The van der Waals surface area contributed by atoms with Crippen molar-refractivity contribution in [1.29, 1.82) is 0 Å². The van der Waals surface area contributed by atoms with E-state index in [0.717, 1.165) is 60.3 Å². The maximum atomic E-state index is 4.68. The topological polar surface area (TPSA) is 82.0 Å². The number of pyridine rings is 1. The van der Waals surface area contributed by atoms with Crippen LogP contribution in [0.15, 0.2) is 55.5 Å². The Morgan fingerprint density at radius 2 is 1.88 bits per heavy atom. The van der Waals surface area contributed by atoms with Crippen LogP contribution >= 0.6 is 0 Å². The van der Waals surface area contributed by atoms with Crippen molar-refractivity contribution in [3.63, 3.8) is 0 Å². The van der Waals surface area contributed by atoms with Crippen LogP contribution in [0.25, 0.3) is 27.9 Å². The molecule has 6 rings (SSSR count). The van der Waals surface area contributed by atoms with Crippen LogP contribution in [0.4, 0.5) is 0 Å². The number of rotatable bonds is 5. The lowest BCUT2D eigenvalue weighted by Crippen LogP contribution is -2.34. The van der Waals surface area contributed by atoms with Crippen LogP contribution in [0.3, 0.4) is 0 Å². The average molecular weight is 428 g/mol. The minimum absolute atomic E-state index is 0.470. The molecule has 0 amide bonds. The second-order valence-electron chi connectivity index (χ2n) is 8.34. The predicted molar refractivity (Wildman–Crippen MR) is 121 cm³/mol. The molecule has 1 aliphatic heterocycles. The molecule has 9 nitrogen and oxygen atoms in total. The van der Waals surface area contributed by atoms with E-state index in [1.807, 2.05) is 46.1 Å². The first-order valence-electron chi connectivity index (χ1n) is 11.1. The highest BCUT2D eigenvalue weighted by molar-refractivity contribution is 5.80. The number of nitrogens with zero attached hydrogens (tertiary/aromatic N) is 9. The summed E-state index contributed by atoms with van der Waals surface area (Å²) in [7, 11) is 0. The summed E-state index contributed by atoms with van der Waals surface area (Å²) in [6, 6.07) is 4.53. The standard InChI is InChI=1S/C23H25N9/c1-2-29-8-4-19(5-9-29)31-15-18(12-27-31)17-10-22-21(25-11-17)14-28-32(22)16-20-13-26-23-24-6-3-7-30(20)23/h3,6-7,10-15,19H,2,4-5,8-9,16H2,1H3. The van der Waals surface area contributed by atoms with Gasteiger partial charge in [0, 0.05) is 49.0 Å². The van der Waals surface area contributed by atoms with E-state index in [0.29, 0.717) is 18.4 Å². The first kappa shape index (κ1) is 19.1. The summed E-state index contributed by atoms with van der Waals surface area (Å²) >= 11 is 0. The summed E-state index contributed by atoms with van der Waals surface area (Å²) in [6.45, 7) is 6.23. The summed E-state index contributed by atoms with van der Waals surface area (Å²) < 4.78 is 6.08.